The first-order valence-corrected chi connectivity index (χ1v) is 4.42. The molecule has 3 nitrogen and oxygen atoms in total. The third-order valence-corrected chi connectivity index (χ3v) is 1.08. The second kappa shape index (κ2) is 9.26. The van der Waals surface area contributed by atoms with Gasteiger partial charge in [0.25, 0.3) is 0 Å². The first kappa shape index (κ1) is 14.7. The number of nitrogens with zero attached hydrogens (tertiary/aromatic N) is 1. The Hall–Kier alpha value is -0.830. The van der Waals surface area contributed by atoms with Crippen LogP contribution in [0.2, 0.25) is 0 Å². The van der Waals surface area contributed by atoms with Gasteiger partial charge in [0.05, 0.1) is 0 Å². The molecule has 0 aromatic rings. The molecule has 0 rings (SSSR count). The van der Waals surface area contributed by atoms with Gasteiger partial charge in [-0.25, -0.2) is 4.79 Å². The first-order valence-electron chi connectivity index (χ1n) is 4.42. The maximum atomic E-state index is 10.1. The van der Waals surface area contributed by atoms with Crippen molar-refractivity contribution >= 4 is 5.97 Å². The van der Waals surface area contributed by atoms with E-state index in [0.717, 1.165) is 12.8 Å². The molecular formula is C10H21NO2. The van der Waals surface area contributed by atoms with Crippen LogP contribution in [0.3, 0.4) is 0 Å². The lowest BCUT2D eigenvalue weighted by molar-refractivity contribution is -0.132. The van der Waals surface area contributed by atoms with Gasteiger partial charge in [-0.3, -0.25) is 0 Å². The first-order chi connectivity index (χ1) is 5.91. The number of aliphatic carboxylic acids is 1. The molecule has 0 fully saturated rings. The van der Waals surface area contributed by atoms with E-state index in [1.54, 1.807) is 13.0 Å². The molecule has 0 aromatic carbocycles. The number of unbranched alkanes of at least 4 members (excludes halogenated alkanes) is 1. The smallest absolute Gasteiger partial charge is 0.330 e. The van der Waals surface area contributed by atoms with E-state index >= 15 is 0 Å². The van der Waals surface area contributed by atoms with E-state index in [-0.39, 0.29) is 0 Å². The molecule has 0 aliphatic rings. The number of hydrogen-bond donors (Lipinski definition) is 1. The zero-order chi connectivity index (χ0) is 10.9. The number of rotatable bonds is 3. The van der Waals surface area contributed by atoms with Crippen LogP contribution in [-0.4, -0.2) is 37.1 Å². The summed E-state index contributed by atoms with van der Waals surface area (Å²) in [5.41, 5.74) is 0.442. The van der Waals surface area contributed by atoms with E-state index in [1.165, 1.54) is 0 Å². The highest BCUT2D eigenvalue weighted by Crippen LogP contribution is 1.96. The molecule has 0 saturated heterocycles. The van der Waals surface area contributed by atoms with Crippen molar-refractivity contribution in [3.63, 3.8) is 0 Å². The summed E-state index contributed by atoms with van der Waals surface area (Å²) in [6.45, 7) is 3.63. The van der Waals surface area contributed by atoms with E-state index in [9.17, 15) is 4.79 Å². The minimum absolute atomic E-state index is 0.442. The van der Waals surface area contributed by atoms with Gasteiger partial charge in [0, 0.05) is 5.57 Å². The molecular weight excluding hydrogens is 166 g/mol. The summed E-state index contributed by atoms with van der Waals surface area (Å²) >= 11 is 0. The summed E-state index contributed by atoms with van der Waals surface area (Å²) in [6, 6.07) is 0. The van der Waals surface area contributed by atoms with Gasteiger partial charge in [-0.1, -0.05) is 19.4 Å². The third kappa shape index (κ3) is 18.3. The third-order valence-electron chi connectivity index (χ3n) is 1.08. The Morgan fingerprint density at radius 1 is 1.38 bits per heavy atom. The molecule has 0 amide bonds. The lowest BCUT2D eigenvalue weighted by Gasteiger charge is -1.90. The van der Waals surface area contributed by atoms with Gasteiger partial charge in [0.1, 0.15) is 0 Å². The van der Waals surface area contributed by atoms with Crippen LogP contribution in [0.5, 0.6) is 0 Å². The van der Waals surface area contributed by atoms with Crippen LogP contribution in [0.1, 0.15) is 26.7 Å². The Morgan fingerprint density at radius 2 is 1.77 bits per heavy atom. The molecule has 0 aliphatic heterocycles. The molecule has 78 valence electrons. The van der Waals surface area contributed by atoms with Crippen molar-refractivity contribution in [2.24, 2.45) is 0 Å². The standard InChI is InChI=1S/C7H12O2.C3H9N/c1-3-4-5-6(2)7(8)9;1-4(2)3/h5H,3-4H2,1-2H3,(H,8,9);1-3H3. The maximum Gasteiger partial charge on any atom is 0.330 e. The van der Waals surface area contributed by atoms with Crippen molar-refractivity contribution in [1.29, 1.82) is 0 Å². The molecule has 1 N–H and O–H groups in total. The van der Waals surface area contributed by atoms with Crippen LogP contribution in [-0.2, 0) is 4.79 Å². The molecule has 0 radical (unpaired) electrons. The van der Waals surface area contributed by atoms with Gasteiger partial charge in [-0.2, -0.15) is 0 Å². The molecule has 0 bridgehead atoms. The number of carbonyl (C=O) groups is 1. The zero-order valence-corrected chi connectivity index (χ0v) is 9.29. The highest BCUT2D eigenvalue weighted by molar-refractivity contribution is 5.85. The Morgan fingerprint density at radius 3 is 2.00 bits per heavy atom. The molecule has 0 aliphatic carbocycles. The fraction of sp³-hybridized carbons (Fsp3) is 0.700. The SMILES string of the molecule is CCCC=C(C)C(=O)O.CN(C)C. The Labute approximate surface area is 81.1 Å². The van der Waals surface area contributed by atoms with Crippen molar-refractivity contribution in [2.75, 3.05) is 21.1 Å². The molecule has 0 atom stereocenters. The van der Waals surface area contributed by atoms with Gasteiger partial charge in [-0.15, -0.1) is 0 Å². The van der Waals surface area contributed by atoms with Crippen LogP contribution < -0.4 is 0 Å². The van der Waals surface area contributed by atoms with Gasteiger partial charge in [-0.05, 0) is 34.5 Å². The number of carboxylic acid groups (broad SMARTS) is 1. The topological polar surface area (TPSA) is 40.5 Å². The predicted molar refractivity (Wildman–Crippen MR) is 55.9 cm³/mol. The highest BCUT2D eigenvalue weighted by Gasteiger charge is 1.95. The normalized spacial score (nSPS) is 10.8. The predicted octanol–water partition coefficient (Wildman–Crippen LogP) is 2.00. The van der Waals surface area contributed by atoms with E-state index in [2.05, 4.69) is 0 Å². The molecule has 0 unspecified atom stereocenters. The van der Waals surface area contributed by atoms with E-state index < -0.39 is 5.97 Å². The Balaban J connectivity index is 0. The molecule has 0 saturated carbocycles. The number of carboxylic acids is 1. The molecule has 0 heterocycles. The maximum absolute atomic E-state index is 10.1. The molecule has 0 aromatic heterocycles. The van der Waals surface area contributed by atoms with Crippen LogP contribution in [0.15, 0.2) is 11.6 Å². The monoisotopic (exact) mass is 187 g/mol. The number of allylic oxidation sites excluding steroid dienone is 1. The Kier molecular flexibility index (Phi) is 10.5. The quantitative estimate of drug-likeness (QED) is 0.687. The summed E-state index contributed by atoms with van der Waals surface area (Å²) in [4.78, 5) is 12.1. The minimum Gasteiger partial charge on any atom is -0.478 e. The van der Waals surface area contributed by atoms with E-state index in [0.29, 0.717) is 5.57 Å². The summed E-state index contributed by atoms with van der Waals surface area (Å²) in [7, 11) is 6.00. The van der Waals surface area contributed by atoms with Crippen LogP contribution in [0.4, 0.5) is 0 Å². The molecule has 3 heteroatoms. The lowest BCUT2D eigenvalue weighted by atomic mass is 10.2. The fourth-order valence-electron chi connectivity index (χ4n) is 0.448. The summed E-state index contributed by atoms with van der Waals surface area (Å²) in [6.07, 6.45) is 3.60. The van der Waals surface area contributed by atoms with Crippen molar-refractivity contribution in [3.8, 4) is 0 Å². The fourth-order valence-corrected chi connectivity index (χ4v) is 0.448. The van der Waals surface area contributed by atoms with Crippen molar-refractivity contribution in [2.45, 2.75) is 26.7 Å². The number of hydrogen-bond acceptors (Lipinski definition) is 2. The van der Waals surface area contributed by atoms with Crippen molar-refractivity contribution in [1.82, 2.24) is 4.90 Å². The van der Waals surface area contributed by atoms with Gasteiger partial charge >= 0.3 is 5.97 Å². The molecule has 13 heavy (non-hydrogen) atoms. The summed E-state index contributed by atoms with van der Waals surface area (Å²) in [5.74, 6) is -0.816. The van der Waals surface area contributed by atoms with Gasteiger partial charge < -0.3 is 10.0 Å². The van der Waals surface area contributed by atoms with Crippen LogP contribution >= 0.6 is 0 Å². The van der Waals surface area contributed by atoms with Crippen LogP contribution in [0.25, 0.3) is 0 Å². The van der Waals surface area contributed by atoms with Gasteiger partial charge in [0.15, 0.2) is 0 Å². The molecule has 0 spiro atoms. The lowest BCUT2D eigenvalue weighted by Crippen LogP contribution is -1.99. The highest BCUT2D eigenvalue weighted by atomic mass is 16.4. The van der Waals surface area contributed by atoms with E-state index in [4.69, 9.17) is 5.11 Å². The Bertz CT molecular complexity index is 160. The summed E-state index contributed by atoms with van der Waals surface area (Å²) in [5, 5.41) is 8.34. The average molecular weight is 187 g/mol. The second-order valence-electron chi connectivity index (χ2n) is 3.32. The minimum atomic E-state index is -0.816. The van der Waals surface area contributed by atoms with Gasteiger partial charge in [0.2, 0.25) is 0 Å². The largest absolute Gasteiger partial charge is 0.478 e. The van der Waals surface area contributed by atoms with E-state index in [1.807, 2.05) is 33.0 Å². The second-order valence-corrected chi connectivity index (χ2v) is 3.32. The van der Waals surface area contributed by atoms with Crippen molar-refractivity contribution < 1.29 is 9.90 Å². The zero-order valence-electron chi connectivity index (χ0n) is 9.29. The van der Waals surface area contributed by atoms with Crippen molar-refractivity contribution in [3.05, 3.63) is 11.6 Å². The summed E-state index contributed by atoms with van der Waals surface area (Å²) < 4.78 is 0. The van der Waals surface area contributed by atoms with Crippen LogP contribution in [0, 0.1) is 0 Å². The average Bonchev–Trinajstić information content (AvgIpc) is 1.98.